The first-order valence-corrected chi connectivity index (χ1v) is 9.70. The average Bonchev–Trinajstić information content (AvgIpc) is 2.54. The van der Waals surface area contributed by atoms with E-state index < -0.39 is 16.1 Å². The molecule has 0 aromatic heterocycles. The zero-order valence-corrected chi connectivity index (χ0v) is 14.9. The molecule has 1 aliphatic heterocycles. The van der Waals surface area contributed by atoms with Gasteiger partial charge in [0.25, 0.3) is 0 Å². The second kappa shape index (κ2) is 7.45. The van der Waals surface area contributed by atoms with Gasteiger partial charge in [-0.2, -0.15) is 4.72 Å². The van der Waals surface area contributed by atoms with Gasteiger partial charge >= 0.3 is 0 Å². The van der Waals surface area contributed by atoms with E-state index in [0.29, 0.717) is 19.0 Å². The third-order valence-corrected chi connectivity index (χ3v) is 5.78. The second-order valence-electron chi connectivity index (χ2n) is 6.45. The average molecular weight is 338 g/mol. The molecule has 5 nitrogen and oxygen atoms in total. The maximum Gasteiger partial charge on any atom is 0.241 e. The summed E-state index contributed by atoms with van der Waals surface area (Å²) in [5.41, 5.74) is 1.08. The Morgan fingerprint density at radius 1 is 1.04 bits per heavy atom. The van der Waals surface area contributed by atoms with Gasteiger partial charge < -0.3 is 4.90 Å². The van der Waals surface area contributed by atoms with Gasteiger partial charge in [-0.3, -0.25) is 4.79 Å². The minimum Gasteiger partial charge on any atom is -0.341 e. The van der Waals surface area contributed by atoms with Crippen LogP contribution in [0.15, 0.2) is 29.2 Å². The van der Waals surface area contributed by atoms with Gasteiger partial charge in [-0.05, 0) is 49.8 Å². The smallest absolute Gasteiger partial charge is 0.241 e. The number of piperidine rings is 1. The molecule has 2 rings (SSSR count). The normalized spacial score (nSPS) is 17.3. The van der Waals surface area contributed by atoms with Crippen LogP contribution in [0.1, 0.15) is 51.5 Å². The van der Waals surface area contributed by atoms with Crippen LogP contribution in [0.25, 0.3) is 0 Å². The lowest BCUT2D eigenvalue weighted by atomic mass is 10.0. The van der Waals surface area contributed by atoms with Crippen LogP contribution in [0.5, 0.6) is 0 Å². The first-order valence-electron chi connectivity index (χ1n) is 8.22. The fourth-order valence-corrected chi connectivity index (χ4v) is 3.97. The summed E-state index contributed by atoms with van der Waals surface area (Å²) in [5, 5.41) is 0. The van der Waals surface area contributed by atoms with Crippen molar-refractivity contribution in [1.82, 2.24) is 9.62 Å². The van der Waals surface area contributed by atoms with Crippen LogP contribution in [-0.4, -0.2) is 38.4 Å². The summed E-state index contributed by atoms with van der Waals surface area (Å²) in [4.78, 5) is 14.3. The number of amides is 1. The number of nitrogens with one attached hydrogen (secondary N) is 1. The number of likely N-dealkylation sites (tertiary alicyclic amines) is 1. The van der Waals surface area contributed by atoms with E-state index in [1.807, 2.05) is 12.1 Å². The Balaban J connectivity index is 2.05. The molecular weight excluding hydrogens is 312 g/mol. The predicted molar refractivity (Wildman–Crippen MR) is 90.7 cm³/mol. The van der Waals surface area contributed by atoms with Gasteiger partial charge in [-0.25, -0.2) is 8.42 Å². The summed E-state index contributed by atoms with van der Waals surface area (Å²) in [5.74, 6) is 0.200. The van der Waals surface area contributed by atoms with Crippen molar-refractivity contribution < 1.29 is 13.2 Å². The molecule has 1 amide bonds. The molecule has 0 unspecified atom stereocenters. The maximum atomic E-state index is 12.4. The van der Waals surface area contributed by atoms with Crippen molar-refractivity contribution in [3.05, 3.63) is 29.8 Å². The topological polar surface area (TPSA) is 66.5 Å². The van der Waals surface area contributed by atoms with Gasteiger partial charge in [0, 0.05) is 13.1 Å². The van der Waals surface area contributed by atoms with Gasteiger partial charge in [0.05, 0.1) is 10.9 Å². The Hall–Kier alpha value is -1.40. The fourth-order valence-electron chi connectivity index (χ4n) is 2.77. The number of hydrogen-bond donors (Lipinski definition) is 1. The summed E-state index contributed by atoms with van der Waals surface area (Å²) >= 11 is 0. The molecule has 1 atom stereocenters. The van der Waals surface area contributed by atoms with Crippen molar-refractivity contribution in [2.45, 2.75) is 56.9 Å². The summed E-state index contributed by atoms with van der Waals surface area (Å²) in [6.45, 7) is 7.15. The van der Waals surface area contributed by atoms with E-state index in [2.05, 4.69) is 18.6 Å². The van der Waals surface area contributed by atoms with Crippen LogP contribution in [0.3, 0.4) is 0 Å². The first-order chi connectivity index (χ1) is 10.8. The van der Waals surface area contributed by atoms with Crippen molar-refractivity contribution >= 4 is 15.9 Å². The maximum absolute atomic E-state index is 12.4. The molecule has 1 aliphatic rings. The molecule has 0 aliphatic carbocycles. The monoisotopic (exact) mass is 338 g/mol. The van der Waals surface area contributed by atoms with E-state index in [0.717, 1.165) is 24.8 Å². The number of carbonyl (C=O) groups excluding carboxylic acids is 1. The Morgan fingerprint density at radius 2 is 1.61 bits per heavy atom. The van der Waals surface area contributed by atoms with Crippen molar-refractivity contribution in [1.29, 1.82) is 0 Å². The summed E-state index contributed by atoms with van der Waals surface area (Å²) < 4.78 is 27.4. The molecule has 0 bridgehead atoms. The lowest BCUT2D eigenvalue weighted by Crippen LogP contribution is -2.48. The first kappa shape index (κ1) is 17.9. The highest BCUT2D eigenvalue weighted by Crippen LogP contribution is 2.18. The van der Waals surface area contributed by atoms with Crippen LogP contribution >= 0.6 is 0 Å². The standard InChI is InChI=1S/C17H26N2O3S/c1-13(2)15-7-9-16(10-8-15)23(21,22)18-14(3)17(20)19-11-5-4-6-12-19/h7-10,13-14,18H,4-6,11-12H2,1-3H3/t14-/m0/s1. The molecule has 1 saturated heterocycles. The lowest BCUT2D eigenvalue weighted by Gasteiger charge is -2.29. The number of benzene rings is 1. The predicted octanol–water partition coefficient (Wildman–Crippen LogP) is 2.49. The van der Waals surface area contributed by atoms with E-state index in [4.69, 9.17) is 0 Å². The Morgan fingerprint density at radius 3 is 2.13 bits per heavy atom. The minimum atomic E-state index is -3.68. The van der Waals surface area contributed by atoms with E-state index in [1.54, 1.807) is 24.0 Å². The molecule has 23 heavy (non-hydrogen) atoms. The summed E-state index contributed by atoms with van der Waals surface area (Å²) in [6.07, 6.45) is 3.11. The van der Waals surface area contributed by atoms with Gasteiger partial charge in [0.1, 0.15) is 0 Å². The Labute approximate surface area is 139 Å². The summed E-state index contributed by atoms with van der Waals surface area (Å²) in [6, 6.07) is 6.07. The molecule has 128 valence electrons. The van der Waals surface area contributed by atoms with Crippen molar-refractivity contribution in [2.75, 3.05) is 13.1 Å². The number of nitrogens with zero attached hydrogens (tertiary/aromatic N) is 1. The van der Waals surface area contributed by atoms with Crippen LogP contribution in [0, 0.1) is 0 Å². The van der Waals surface area contributed by atoms with Crippen molar-refractivity contribution in [3.63, 3.8) is 0 Å². The number of hydrogen-bond acceptors (Lipinski definition) is 3. The molecule has 0 spiro atoms. The van der Waals surface area contributed by atoms with Crippen LogP contribution in [0.4, 0.5) is 0 Å². The molecule has 0 radical (unpaired) electrons. The number of carbonyl (C=O) groups is 1. The van der Waals surface area contributed by atoms with Crippen LogP contribution in [0.2, 0.25) is 0 Å². The molecular formula is C17H26N2O3S. The zero-order valence-electron chi connectivity index (χ0n) is 14.1. The molecule has 0 saturated carbocycles. The zero-order chi connectivity index (χ0) is 17.0. The van der Waals surface area contributed by atoms with Gasteiger partial charge in [0.2, 0.25) is 15.9 Å². The highest BCUT2D eigenvalue weighted by Gasteiger charge is 2.26. The molecule has 1 fully saturated rings. The Kier molecular flexibility index (Phi) is 5.81. The number of rotatable bonds is 5. The SMILES string of the molecule is CC(C)c1ccc(S(=O)(=O)N[C@@H](C)C(=O)N2CCCCC2)cc1. The molecule has 1 N–H and O–H groups in total. The van der Waals surface area contributed by atoms with E-state index in [-0.39, 0.29) is 10.8 Å². The Bertz CT molecular complexity index is 632. The van der Waals surface area contributed by atoms with E-state index in [1.165, 1.54) is 0 Å². The highest BCUT2D eigenvalue weighted by molar-refractivity contribution is 7.89. The molecule has 1 heterocycles. The van der Waals surface area contributed by atoms with E-state index >= 15 is 0 Å². The second-order valence-corrected chi connectivity index (χ2v) is 8.17. The van der Waals surface area contributed by atoms with E-state index in [9.17, 15) is 13.2 Å². The molecule has 1 aromatic carbocycles. The van der Waals surface area contributed by atoms with Gasteiger partial charge in [-0.15, -0.1) is 0 Å². The molecule has 6 heteroatoms. The minimum absolute atomic E-state index is 0.146. The third-order valence-electron chi connectivity index (χ3n) is 4.23. The van der Waals surface area contributed by atoms with Gasteiger partial charge in [0.15, 0.2) is 0 Å². The largest absolute Gasteiger partial charge is 0.341 e. The van der Waals surface area contributed by atoms with Crippen molar-refractivity contribution in [2.24, 2.45) is 0 Å². The summed E-state index contributed by atoms with van der Waals surface area (Å²) in [7, 11) is -3.68. The molecule has 1 aromatic rings. The van der Waals surface area contributed by atoms with Gasteiger partial charge in [-0.1, -0.05) is 26.0 Å². The third kappa shape index (κ3) is 4.54. The quantitative estimate of drug-likeness (QED) is 0.897. The van der Waals surface area contributed by atoms with Crippen molar-refractivity contribution in [3.8, 4) is 0 Å². The lowest BCUT2D eigenvalue weighted by molar-refractivity contribution is -0.133. The fraction of sp³-hybridized carbons (Fsp3) is 0.588. The number of sulfonamides is 1. The highest BCUT2D eigenvalue weighted by atomic mass is 32.2. The van der Waals surface area contributed by atoms with Crippen LogP contribution in [-0.2, 0) is 14.8 Å². The van der Waals surface area contributed by atoms with Crippen LogP contribution < -0.4 is 4.72 Å².